The van der Waals surface area contributed by atoms with Gasteiger partial charge in [0.15, 0.2) is 5.75 Å². The first-order chi connectivity index (χ1) is 11.0. The van der Waals surface area contributed by atoms with Crippen molar-refractivity contribution in [3.8, 4) is 5.75 Å². The Bertz CT molecular complexity index is 580. The van der Waals surface area contributed by atoms with E-state index in [-0.39, 0.29) is 11.2 Å². The lowest BCUT2D eigenvalue weighted by Crippen LogP contribution is -2.39. The highest BCUT2D eigenvalue weighted by Gasteiger charge is 2.24. The van der Waals surface area contributed by atoms with Crippen LogP contribution in [-0.2, 0) is 6.54 Å². The predicted octanol–water partition coefficient (Wildman–Crippen LogP) is 3.54. The molecule has 2 heterocycles. The number of nitrogens with zero attached hydrogens (tertiary/aromatic N) is 2. The van der Waals surface area contributed by atoms with Crippen LogP contribution in [0, 0.1) is 11.8 Å². The van der Waals surface area contributed by atoms with Gasteiger partial charge < -0.3 is 9.67 Å². The monoisotopic (exact) mass is 318 g/mol. The molecule has 3 rings (SSSR count). The molecule has 2 aliphatic rings. The first kappa shape index (κ1) is 16.6. The topological polar surface area (TPSA) is 45.5 Å². The van der Waals surface area contributed by atoms with Crippen molar-refractivity contribution in [1.29, 1.82) is 0 Å². The second-order valence-corrected chi connectivity index (χ2v) is 7.85. The maximum Gasteiger partial charge on any atom is 0.223 e. The number of aromatic nitrogens is 1. The third kappa shape index (κ3) is 3.97. The number of piperidine rings is 1. The molecule has 0 bridgehead atoms. The first-order valence-corrected chi connectivity index (χ1v) is 9.19. The highest BCUT2D eigenvalue weighted by Crippen LogP contribution is 2.30. The van der Waals surface area contributed by atoms with Gasteiger partial charge in [0.25, 0.3) is 0 Å². The Morgan fingerprint density at radius 3 is 2.43 bits per heavy atom. The second kappa shape index (κ2) is 7.08. The molecule has 2 fully saturated rings. The molecule has 0 radical (unpaired) electrons. The molecule has 2 unspecified atom stereocenters. The fourth-order valence-electron chi connectivity index (χ4n) is 4.55. The van der Waals surface area contributed by atoms with Crippen LogP contribution in [-0.4, -0.2) is 27.7 Å². The molecule has 1 aromatic heterocycles. The van der Waals surface area contributed by atoms with Crippen molar-refractivity contribution in [2.24, 2.45) is 11.8 Å². The largest absolute Gasteiger partial charge is 0.503 e. The summed E-state index contributed by atoms with van der Waals surface area (Å²) in [4.78, 5) is 14.4. The van der Waals surface area contributed by atoms with E-state index in [9.17, 15) is 9.90 Å². The molecule has 0 aromatic carbocycles. The van der Waals surface area contributed by atoms with Crippen LogP contribution in [0.25, 0.3) is 0 Å². The molecule has 0 spiro atoms. The van der Waals surface area contributed by atoms with Gasteiger partial charge in [-0.05, 0) is 31.1 Å². The van der Waals surface area contributed by atoms with E-state index >= 15 is 0 Å². The molecule has 128 valence electrons. The summed E-state index contributed by atoms with van der Waals surface area (Å²) in [6.07, 6.45) is 9.08. The van der Waals surface area contributed by atoms with Crippen molar-refractivity contribution in [3.05, 3.63) is 28.2 Å². The summed E-state index contributed by atoms with van der Waals surface area (Å²) in [7, 11) is 0. The van der Waals surface area contributed by atoms with Gasteiger partial charge in [-0.2, -0.15) is 0 Å². The first-order valence-electron chi connectivity index (χ1n) is 9.19. The average molecular weight is 318 g/mol. The van der Waals surface area contributed by atoms with Crippen LogP contribution in [0.2, 0.25) is 0 Å². The zero-order chi connectivity index (χ0) is 16.4. The molecule has 1 N–H and O–H groups in total. The molecular formula is C19H30N2O2. The number of hydrogen-bond acceptors (Lipinski definition) is 3. The van der Waals surface area contributed by atoms with Gasteiger partial charge in [-0.15, -0.1) is 0 Å². The van der Waals surface area contributed by atoms with Gasteiger partial charge in [0.2, 0.25) is 5.43 Å². The van der Waals surface area contributed by atoms with Crippen LogP contribution in [0.5, 0.6) is 5.75 Å². The van der Waals surface area contributed by atoms with Gasteiger partial charge >= 0.3 is 0 Å². The molecule has 1 aliphatic heterocycles. The van der Waals surface area contributed by atoms with E-state index in [1.165, 1.54) is 25.7 Å². The van der Waals surface area contributed by atoms with E-state index in [2.05, 4.69) is 23.3 Å². The highest BCUT2D eigenvalue weighted by atomic mass is 16.3. The third-order valence-electron chi connectivity index (χ3n) is 5.44. The molecule has 23 heavy (non-hydrogen) atoms. The molecule has 1 aliphatic carbocycles. The van der Waals surface area contributed by atoms with E-state index in [1.807, 2.05) is 0 Å². The van der Waals surface area contributed by atoms with Crippen LogP contribution < -0.4 is 5.43 Å². The zero-order valence-corrected chi connectivity index (χ0v) is 14.5. The average Bonchev–Trinajstić information content (AvgIpc) is 2.50. The predicted molar refractivity (Wildman–Crippen MR) is 92.7 cm³/mol. The molecule has 4 nitrogen and oxygen atoms in total. The van der Waals surface area contributed by atoms with Crippen LogP contribution in [0.3, 0.4) is 0 Å². The third-order valence-corrected chi connectivity index (χ3v) is 5.44. The molecule has 1 saturated carbocycles. The van der Waals surface area contributed by atoms with Crippen LogP contribution >= 0.6 is 0 Å². The number of likely N-dealkylation sites (tertiary alicyclic amines) is 1. The molecule has 0 amide bonds. The maximum atomic E-state index is 12.0. The summed E-state index contributed by atoms with van der Waals surface area (Å²) < 4.78 is 2.19. The van der Waals surface area contributed by atoms with Crippen molar-refractivity contribution in [2.45, 2.75) is 65.0 Å². The van der Waals surface area contributed by atoms with Crippen LogP contribution in [0.4, 0.5) is 0 Å². The Labute approximate surface area is 139 Å². The minimum atomic E-state index is -0.245. The number of pyridine rings is 1. The van der Waals surface area contributed by atoms with Crippen molar-refractivity contribution in [2.75, 3.05) is 13.1 Å². The lowest BCUT2D eigenvalue weighted by atomic mass is 9.91. The van der Waals surface area contributed by atoms with Crippen LogP contribution in [0.15, 0.2) is 17.1 Å². The fourth-order valence-corrected chi connectivity index (χ4v) is 4.55. The molecule has 4 heteroatoms. The maximum absolute atomic E-state index is 12.0. The Hall–Kier alpha value is -1.29. The number of aromatic hydroxyl groups is 1. The van der Waals surface area contributed by atoms with E-state index in [1.54, 1.807) is 12.3 Å². The Morgan fingerprint density at radius 2 is 1.78 bits per heavy atom. The quantitative estimate of drug-likeness (QED) is 0.927. The second-order valence-electron chi connectivity index (χ2n) is 7.85. The number of hydrogen-bond donors (Lipinski definition) is 1. The Balaban J connectivity index is 1.84. The molecular weight excluding hydrogens is 288 g/mol. The van der Waals surface area contributed by atoms with E-state index in [0.717, 1.165) is 38.2 Å². The van der Waals surface area contributed by atoms with E-state index in [0.29, 0.717) is 17.9 Å². The zero-order valence-electron chi connectivity index (χ0n) is 14.5. The lowest BCUT2D eigenvalue weighted by Gasteiger charge is -2.36. The molecule has 1 aromatic rings. The van der Waals surface area contributed by atoms with Crippen molar-refractivity contribution in [1.82, 2.24) is 9.47 Å². The van der Waals surface area contributed by atoms with Crippen molar-refractivity contribution in [3.63, 3.8) is 0 Å². The summed E-state index contributed by atoms with van der Waals surface area (Å²) >= 11 is 0. The lowest BCUT2D eigenvalue weighted by molar-refractivity contribution is 0.129. The summed E-state index contributed by atoms with van der Waals surface area (Å²) in [5, 5.41) is 9.90. The van der Waals surface area contributed by atoms with Gasteiger partial charge in [0.05, 0.1) is 6.20 Å². The molecule has 1 saturated heterocycles. The van der Waals surface area contributed by atoms with Gasteiger partial charge in [-0.1, -0.05) is 33.1 Å². The van der Waals surface area contributed by atoms with Gasteiger partial charge in [-0.25, -0.2) is 0 Å². The summed E-state index contributed by atoms with van der Waals surface area (Å²) in [5.41, 5.74) is 0.825. The van der Waals surface area contributed by atoms with E-state index < -0.39 is 0 Å². The van der Waals surface area contributed by atoms with E-state index in [4.69, 9.17) is 0 Å². The highest BCUT2D eigenvalue weighted by molar-refractivity contribution is 5.21. The van der Waals surface area contributed by atoms with Gasteiger partial charge in [-0.3, -0.25) is 9.69 Å². The van der Waals surface area contributed by atoms with Crippen LogP contribution in [0.1, 0.15) is 64.1 Å². The minimum Gasteiger partial charge on any atom is -0.503 e. The summed E-state index contributed by atoms with van der Waals surface area (Å²) in [5.74, 6) is 1.32. The van der Waals surface area contributed by atoms with Gasteiger partial charge in [0, 0.05) is 37.4 Å². The Kier molecular flexibility index (Phi) is 5.10. The van der Waals surface area contributed by atoms with Gasteiger partial charge in [0.1, 0.15) is 0 Å². The van der Waals surface area contributed by atoms with Crippen molar-refractivity contribution < 1.29 is 5.11 Å². The minimum absolute atomic E-state index is 0.111. The molecule has 2 atom stereocenters. The number of rotatable bonds is 3. The smallest absolute Gasteiger partial charge is 0.223 e. The normalized spacial score (nSPS) is 27.2. The van der Waals surface area contributed by atoms with Crippen molar-refractivity contribution >= 4 is 0 Å². The summed E-state index contributed by atoms with van der Waals surface area (Å²) in [6, 6.07) is 2.10. The fraction of sp³-hybridized carbons (Fsp3) is 0.737. The standard InChI is InChI=1S/C19H30N2O2/c1-14-8-15(2)11-20(10-14)12-17-9-18(22)19(23)13-21(17)16-6-4-3-5-7-16/h9,13-16,23H,3-8,10-12H2,1-2H3. The summed E-state index contributed by atoms with van der Waals surface area (Å²) in [6.45, 7) is 7.65. The Morgan fingerprint density at radius 1 is 1.13 bits per heavy atom. The SMILES string of the molecule is CC1CC(C)CN(Cc2cc(=O)c(O)cn2C2CCCCC2)C1.